The molecule has 3 rings (SSSR count). The molecule has 0 radical (unpaired) electrons. The van der Waals surface area contributed by atoms with Crippen LogP contribution in [0, 0.1) is 23.7 Å². The third kappa shape index (κ3) is 2.18. The van der Waals surface area contributed by atoms with E-state index in [1.165, 1.54) is 6.20 Å². The molecular formula is C14H13ClN2O3. The average Bonchev–Trinajstić information content (AvgIpc) is 3.01. The van der Waals surface area contributed by atoms with Gasteiger partial charge in [0.1, 0.15) is 5.15 Å². The number of nitrogens with one attached hydrogen (secondary N) is 1. The van der Waals surface area contributed by atoms with E-state index in [1.807, 2.05) is 12.2 Å². The number of pyridine rings is 1. The number of aliphatic carboxylic acids is 1. The molecule has 2 aliphatic rings. The lowest BCUT2D eigenvalue weighted by molar-refractivity contribution is -0.146. The summed E-state index contributed by atoms with van der Waals surface area (Å²) in [4.78, 5) is 27.6. The van der Waals surface area contributed by atoms with Gasteiger partial charge in [-0.15, -0.1) is 0 Å². The predicted octanol–water partition coefficient (Wildman–Crippen LogP) is 2.20. The van der Waals surface area contributed by atoms with Crippen molar-refractivity contribution in [3.8, 4) is 0 Å². The SMILES string of the molecule is O=C(O)[C@@H]1C2C=CC(C2)[C@@H]1C(=O)Nc1ccc(Cl)nc1. The summed E-state index contributed by atoms with van der Waals surface area (Å²) in [6.07, 6.45) is 6.07. The van der Waals surface area contributed by atoms with Crippen LogP contribution in [0.5, 0.6) is 0 Å². The lowest BCUT2D eigenvalue weighted by Gasteiger charge is -2.23. The minimum atomic E-state index is -0.906. The Balaban J connectivity index is 1.78. The normalized spacial score (nSPS) is 30.4. The number of fused-ring (bicyclic) bond motifs is 2. The van der Waals surface area contributed by atoms with Crippen molar-refractivity contribution in [3.63, 3.8) is 0 Å². The number of carboxylic acid groups (broad SMARTS) is 1. The van der Waals surface area contributed by atoms with E-state index in [-0.39, 0.29) is 17.7 Å². The molecule has 0 aromatic carbocycles. The molecule has 1 fully saturated rings. The van der Waals surface area contributed by atoms with E-state index in [0.29, 0.717) is 10.8 Å². The molecule has 2 aliphatic carbocycles. The predicted molar refractivity (Wildman–Crippen MR) is 73.2 cm³/mol. The van der Waals surface area contributed by atoms with E-state index in [4.69, 9.17) is 11.6 Å². The fraction of sp³-hybridized carbons (Fsp3) is 0.357. The summed E-state index contributed by atoms with van der Waals surface area (Å²) in [6, 6.07) is 3.22. The molecule has 2 bridgehead atoms. The second-order valence-electron chi connectivity index (χ2n) is 5.20. The minimum Gasteiger partial charge on any atom is -0.481 e. The fourth-order valence-electron chi connectivity index (χ4n) is 3.19. The third-order valence-corrected chi connectivity index (χ3v) is 4.27. The van der Waals surface area contributed by atoms with Crippen molar-refractivity contribution in [3.05, 3.63) is 35.6 Å². The molecule has 2 unspecified atom stereocenters. The highest BCUT2D eigenvalue weighted by Gasteiger charge is 2.51. The summed E-state index contributed by atoms with van der Waals surface area (Å²) in [5.41, 5.74) is 0.523. The monoisotopic (exact) mass is 292 g/mol. The molecule has 4 atom stereocenters. The molecule has 2 N–H and O–H groups in total. The second kappa shape index (κ2) is 4.90. The van der Waals surface area contributed by atoms with Gasteiger partial charge >= 0.3 is 5.97 Å². The minimum absolute atomic E-state index is 0.0151. The Morgan fingerprint density at radius 1 is 1.25 bits per heavy atom. The number of rotatable bonds is 3. The van der Waals surface area contributed by atoms with Gasteiger partial charge < -0.3 is 10.4 Å². The summed E-state index contributed by atoms with van der Waals surface area (Å²) in [7, 11) is 0. The quantitative estimate of drug-likeness (QED) is 0.661. The van der Waals surface area contributed by atoms with E-state index in [1.54, 1.807) is 12.1 Å². The van der Waals surface area contributed by atoms with Crippen LogP contribution in [0.25, 0.3) is 0 Å². The van der Waals surface area contributed by atoms with E-state index in [0.717, 1.165) is 6.42 Å². The van der Waals surface area contributed by atoms with Crippen molar-refractivity contribution < 1.29 is 14.7 Å². The lowest BCUT2D eigenvalue weighted by Crippen LogP contribution is -2.36. The molecule has 1 aromatic heterocycles. The topological polar surface area (TPSA) is 79.3 Å². The highest BCUT2D eigenvalue weighted by atomic mass is 35.5. The van der Waals surface area contributed by atoms with Crippen molar-refractivity contribution in [1.82, 2.24) is 4.98 Å². The first-order valence-electron chi connectivity index (χ1n) is 6.40. The second-order valence-corrected chi connectivity index (χ2v) is 5.58. The van der Waals surface area contributed by atoms with Crippen LogP contribution in [0.3, 0.4) is 0 Å². The van der Waals surface area contributed by atoms with Crippen molar-refractivity contribution in [1.29, 1.82) is 0 Å². The molecule has 20 heavy (non-hydrogen) atoms. The van der Waals surface area contributed by atoms with Crippen molar-refractivity contribution in [2.45, 2.75) is 6.42 Å². The number of carbonyl (C=O) groups excluding carboxylic acids is 1. The highest BCUT2D eigenvalue weighted by Crippen LogP contribution is 2.48. The maximum Gasteiger partial charge on any atom is 0.307 e. The van der Waals surface area contributed by atoms with Gasteiger partial charge in [0, 0.05) is 0 Å². The van der Waals surface area contributed by atoms with Crippen LogP contribution in [-0.2, 0) is 9.59 Å². The Bertz CT molecular complexity index is 585. The van der Waals surface area contributed by atoms with Gasteiger partial charge in [-0.25, -0.2) is 4.98 Å². The smallest absolute Gasteiger partial charge is 0.307 e. The average molecular weight is 293 g/mol. The summed E-state index contributed by atoms with van der Waals surface area (Å²) >= 11 is 5.68. The molecule has 0 aliphatic heterocycles. The van der Waals surface area contributed by atoms with E-state index in [2.05, 4.69) is 10.3 Å². The van der Waals surface area contributed by atoms with Crippen LogP contribution < -0.4 is 5.32 Å². The fourth-order valence-corrected chi connectivity index (χ4v) is 3.30. The number of carbonyl (C=O) groups is 2. The molecule has 0 saturated heterocycles. The van der Waals surface area contributed by atoms with Crippen LogP contribution >= 0.6 is 11.6 Å². The number of hydrogen-bond donors (Lipinski definition) is 2. The molecule has 1 aromatic rings. The van der Waals surface area contributed by atoms with Gasteiger partial charge in [0.05, 0.1) is 23.7 Å². The number of hydrogen-bond acceptors (Lipinski definition) is 3. The van der Waals surface area contributed by atoms with Crippen LogP contribution in [-0.4, -0.2) is 22.0 Å². The Labute approximate surface area is 120 Å². The standard InChI is InChI=1S/C14H13ClN2O3/c15-10-4-3-9(6-16-10)17-13(18)11-7-1-2-8(5-7)12(11)14(19)20/h1-4,6-8,11-12H,5H2,(H,17,18)(H,19,20)/t7?,8?,11-,12+/m0/s1. The Morgan fingerprint density at radius 2 is 1.95 bits per heavy atom. The van der Waals surface area contributed by atoms with Crippen molar-refractivity contribution in [2.24, 2.45) is 23.7 Å². The van der Waals surface area contributed by atoms with Gasteiger partial charge in [0.2, 0.25) is 5.91 Å². The molecule has 5 nitrogen and oxygen atoms in total. The van der Waals surface area contributed by atoms with E-state index >= 15 is 0 Å². The number of nitrogens with zero attached hydrogens (tertiary/aromatic N) is 1. The Morgan fingerprint density at radius 3 is 2.55 bits per heavy atom. The maximum atomic E-state index is 12.3. The zero-order valence-corrected chi connectivity index (χ0v) is 11.2. The van der Waals surface area contributed by atoms with Crippen molar-refractivity contribution in [2.75, 3.05) is 5.32 Å². The van der Waals surface area contributed by atoms with Gasteiger partial charge in [-0.3, -0.25) is 9.59 Å². The molecular weight excluding hydrogens is 280 g/mol. The largest absolute Gasteiger partial charge is 0.481 e. The number of anilines is 1. The molecule has 104 valence electrons. The Hall–Kier alpha value is -1.88. The van der Waals surface area contributed by atoms with Crippen LogP contribution in [0.1, 0.15) is 6.42 Å². The number of amides is 1. The number of aromatic nitrogens is 1. The maximum absolute atomic E-state index is 12.3. The molecule has 1 amide bonds. The van der Waals surface area contributed by atoms with E-state index < -0.39 is 17.8 Å². The first-order chi connectivity index (χ1) is 9.56. The first kappa shape index (κ1) is 13.1. The molecule has 1 saturated carbocycles. The Kier molecular flexibility index (Phi) is 3.22. The zero-order chi connectivity index (χ0) is 14.3. The summed E-state index contributed by atoms with van der Waals surface area (Å²) < 4.78 is 0. The van der Waals surface area contributed by atoms with Gasteiger partial charge in [-0.2, -0.15) is 0 Å². The van der Waals surface area contributed by atoms with Gasteiger partial charge in [0.15, 0.2) is 0 Å². The van der Waals surface area contributed by atoms with Crippen molar-refractivity contribution >= 4 is 29.2 Å². The van der Waals surface area contributed by atoms with Gasteiger partial charge in [-0.1, -0.05) is 23.8 Å². The van der Waals surface area contributed by atoms with Crippen LogP contribution in [0.15, 0.2) is 30.5 Å². The highest BCUT2D eigenvalue weighted by molar-refractivity contribution is 6.29. The number of halogens is 1. The van der Waals surface area contributed by atoms with Crippen LogP contribution in [0.4, 0.5) is 5.69 Å². The summed E-state index contributed by atoms with van der Waals surface area (Å²) in [5, 5.41) is 12.4. The first-order valence-corrected chi connectivity index (χ1v) is 6.77. The molecule has 1 heterocycles. The molecule has 0 spiro atoms. The summed E-state index contributed by atoms with van der Waals surface area (Å²) in [6.45, 7) is 0. The third-order valence-electron chi connectivity index (χ3n) is 4.04. The number of carboxylic acids is 1. The molecule has 6 heteroatoms. The summed E-state index contributed by atoms with van der Waals surface area (Å²) in [5.74, 6) is -2.34. The lowest BCUT2D eigenvalue weighted by atomic mass is 9.82. The van der Waals surface area contributed by atoms with Gasteiger partial charge in [0.25, 0.3) is 0 Å². The number of allylic oxidation sites excluding steroid dienone is 2. The zero-order valence-electron chi connectivity index (χ0n) is 10.5. The van der Waals surface area contributed by atoms with Crippen LogP contribution in [0.2, 0.25) is 5.15 Å². The van der Waals surface area contributed by atoms with E-state index in [9.17, 15) is 14.7 Å². The van der Waals surface area contributed by atoms with Gasteiger partial charge in [-0.05, 0) is 30.4 Å².